The van der Waals surface area contributed by atoms with E-state index in [1.54, 1.807) is 36.4 Å². The molecule has 29 heavy (non-hydrogen) atoms. The lowest BCUT2D eigenvalue weighted by Gasteiger charge is -2.26. The quantitative estimate of drug-likeness (QED) is 0.709. The first-order valence-electron chi connectivity index (χ1n) is 9.07. The molecule has 148 valence electrons. The molecule has 0 spiro atoms. The van der Waals surface area contributed by atoms with Gasteiger partial charge in [-0.05, 0) is 29.8 Å². The lowest BCUT2D eigenvalue weighted by Crippen LogP contribution is -2.42. The highest BCUT2D eigenvalue weighted by molar-refractivity contribution is 5.92. The Balaban J connectivity index is 1.49. The van der Waals surface area contributed by atoms with Crippen molar-refractivity contribution in [3.05, 3.63) is 82.3 Å². The lowest BCUT2D eigenvalue weighted by atomic mass is 10.2. The molecule has 4 rings (SSSR count). The van der Waals surface area contributed by atoms with Gasteiger partial charge in [0, 0.05) is 25.3 Å². The van der Waals surface area contributed by atoms with E-state index in [4.69, 9.17) is 0 Å². The summed E-state index contributed by atoms with van der Waals surface area (Å²) in [6, 6.07) is 14.8. The van der Waals surface area contributed by atoms with Crippen molar-refractivity contribution in [3.8, 4) is 0 Å². The molecule has 2 aromatic carbocycles. The molecule has 1 aromatic heterocycles. The number of nitrogens with zero attached hydrogens (tertiary/aromatic N) is 4. The maximum Gasteiger partial charge on any atom is 0.346 e. The molecule has 0 saturated carbocycles. The number of amides is 2. The zero-order chi connectivity index (χ0) is 20.4. The average Bonchev–Trinajstić information content (AvgIpc) is 3.01. The summed E-state index contributed by atoms with van der Waals surface area (Å²) >= 11 is 0. The number of hydrogen-bond donors (Lipinski definition) is 1. The number of halogens is 1. The van der Waals surface area contributed by atoms with Gasteiger partial charge in [0.15, 0.2) is 0 Å². The Bertz CT molecular complexity index is 1120. The van der Waals surface area contributed by atoms with E-state index in [0.717, 1.165) is 4.68 Å². The third-order valence-corrected chi connectivity index (χ3v) is 4.61. The molecular weight excluding hydrogens is 377 g/mol. The van der Waals surface area contributed by atoms with E-state index in [9.17, 15) is 18.8 Å². The van der Waals surface area contributed by atoms with Gasteiger partial charge in [-0.3, -0.25) is 14.2 Å². The van der Waals surface area contributed by atoms with E-state index >= 15 is 0 Å². The predicted octanol–water partition coefficient (Wildman–Crippen LogP) is 1.48. The van der Waals surface area contributed by atoms with Crippen LogP contribution in [0.25, 0.3) is 0 Å². The fraction of sp³-hybridized carbons (Fsp3) is 0.200. The van der Waals surface area contributed by atoms with E-state index in [-0.39, 0.29) is 31.3 Å². The highest BCUT2D eigenvalue weighted by Crippen LogP contribution is 2.14. The monoisotopic (exact) mass is 395 g/mol. The summed E-state index contributed by atoms with van der Waals surface area (Å²) in [5.74, 6) is -1.25. The molecule has 0 radical (unpaired) electrons. The van der Waals surface area contributed by atoms with Crippen molar-refractivity contribution in [2.75, 3.05) is 11.9 Å². The Hall–Kier alpha value is -3.75. The van der Waals surface area contributed by atoms with Gasteiger partial charge in [-0.1, -0.05) is 30.3 Å². The van der Waals surface area contributed by atoms with Crippen LogP contribution in [-0.2, 0) is 24.4 Å². The third-order valence-electron chi connectivity index (χ3n) is 4.61. The Morgan fingerprint density at radius 1 is 1.07 bits per heavy atom. The summed E-state index contributed by atoms with van der Waals surface area (Å²) in [5, 5.41) is 6.74. The Kier molecular flexibility index (Phi) is 4.94. The first-order valence-corrected chi connectivity index (χ1v) is 9.07. The summed E-state index contributed by atoms with van der Waals surface area (Å²) in [7, 11) is 0. The molecule has 1 aliphatic rings. The molecule has 8 nitrogen and oxygen atoms in total. The molecule has 9 heteroatoms. The fourth-order valence-corrected chi connectivity index (χ4v) is 3.23. The first-order chi connectivity index (χ1) is 14.0. The summed E-state index contributed by atoms with van der Waals surface area (Å²) < 4.78 is 15.6. The van der Waals surface area contributed by atoms with Gasteiger partial charge >= 0.3 is 5.69 Å². The maximum absolute atomic E-state index is 13.4. The third kappa shape index (κ3) is 3.93. The van der Waals surface area contributed by atoms with Gasteiger partial charge in [0.1, 0.15) is 12.4 Å². The van der Waals surface area contributed by atoms with Crippen LogP contribution in [-0.4, -0.2) is 37.6 Å². The normalized spacial score (nSPS) is 13.3. The van der Waals surface area contributed by atoms with Gasteiger partial charge in [-0.25, -0.2) is 13.9 Å². The number of para-hydroxylation sites is 1. The van der Waals surface area contributed by atoms with Crippen molar-refractivity contribution in [1.29, 1.82) is 0 Å². The van der Waals surface area contributed by atoms with E-state index < -0.39 is 17.5 Å². The fourth-order valence-electron chi connectivity index (χ4n) is 3.23. The highest BCUT2D eigenvalue weighted by Gasteiger charge is 2.30. The second-order valence-corrected chi connectivity index (χ2v) is 6.69. The van der Waals surface area contributed by atoms with Crippen LogP contribution in [0.1, 0.15) is 16.2 Å². The van der Waals surface area contributed by atoms with Crippen LogP contribution in [0.3, 0.4) is 0 Å². The van der Waals surface area contributed by atoms with Gasteiger partial charge in [-0.2, -0.15) is 0 Å². The minimum atomic E-state index is -0.512. The molecule has 2 amide bonds. The van der Waals surface area contributed by atoms with Crippen molar-refractivity contribution in [2.24, 2.45) is 0 Å². The van der Waals surface area contributed by atoms with Crippen LogP contribution < -0.4 is 11.0 Å². The molecular formula is C20H18FN5O3. The zero-order valence-electron chi connectivity index (χ0n) is 15.4. The molecule has 0 fully saturated rings. The molecule has 2 heterocycles. The van der Waals surface area contributed by atoms with E-state index in [2.05, 4.69) is 10.4 Å². The number of rotatable bonds is 5. The number of aromatic nitrogens is 3. The zero-order valence-corrected chi connectivity index (χ0v) is 15.4. The van der Waals surface area contributed by atoms with E-state index in [0.29, 0.717) is 17.8 Å². The Morgan fingerprint density at radius 3 is 2.62 bits per heavy atom. The van der Waals surface area contributed by atoms with Gasteiger partial charge in [0.05, 0.1) is 0 Å². The maximum atomic E-state index is 13.4. The number of hydrogen-bond acceptors (Lipinski definition) is 4. The predicted molar refractivity (Wildman–Crippen MR) is 103 cm³/mol. The van der Waals surface area contributed by atoms with Crippen molar-refractivity contribution >= 4 is 17.5 Å². The number of carbonyl (C=O) groups is 2. The molecule has 0 bridgehead atoms. The van der Waals surface area contributed by atoms with Crippen molar-refractivity contribution < 1.29 is 14.0 Å². The Morgan fingerprint density at radius 2 is 1.86 bits per heavy atom. The summed E-state index contributed by atoms with van der Waals surface area (Å²) in [4.78, 5) is 39.0. The van der Waals surface area contributed by atoms with Gasteiger partial charge in [0.25, 0.3) is 5.91 Å². The number of nitrogens with one attached hydrogen (secondary N) is 1. The minimum Gasteiger partial charge on any atom is -0.330 e. The molecule has 0 saturated heterocycles. The van der Waals surface area contributed by atoms with E-state index in [1.165, 1.54) is 21.6 Å². The van der Waals surface area contributed by atoms with Crippen LogP contribution in [0, 0.1) is 5.82 Å². The lowest BCUT2D eigenvalue weighted by molar-refractivity contribution is -0.117. The molecule has 0 aliphatic carbocycles. The smallest absolute Gasteiger partial charge is 0.330 e. The van der Waals surface area contributed by atoms with Crippen LogP contribution in [0.2, 0.25) is 0 Å². The number of carbonyl (C=O) groups excluding carboxylic acids is 2. The average molecular weight is 395 g/mol. The van der Waals surface area contributed by atoms with Crippen molar-refractivity contribution in [1.82, 2.24) is 19.2 Å². The largest absolute Gasteiger partial charge is 0.346 e. The first kappa shape index (κ1) is 18.6. The number of anilines is 1. The SMILES string of the molecule is O=C(Cn1nc2n(c1=O)CCN(Cc1cccc(F)c1)C2=O)Nc1ccccc1. The minimum absolute atomic E-state index is 0.0230. The number of benzene rings is 2. The van der Waals surface area contributed by atoms with Crippen molar-refractivity contribution in [3.63, 3.8) is 0 Å². The molecule has 1 N–H and O–H groups in total. The van der Waals surface area contributed by atoms with Crippen LogP contribution in [0.4, 0.5) is 10.1 Å². The number of fused-ring (bicyclic) bond motifs is 1. The van der Waals surface area contributed by atoms with Gasteiger partial charge in [0.2, 0.25) is 11.7 Å². The summed E-state index contributed by atoms with van der Waals surface area (Å²) in [6.07, 6.45) is 0. The van der Waals surface area contributed by atoms with Crippen LogP contribution >= 0.6 is 0 Å². The molecule has 1 aliphatic heterocycles. The van der Waals surface area contributed by atoms with Gasteiger partial charge < -0.3 is 10.2 Å². The van der Waals surface area contributed by atoms with Gasteiger partial charge in [-0.15, -0.1) is 5.10 Å². The molecule has 0 unspecified atom stereocenters. The van der Waals surface area contributed by atoms with Crippen molar-refractivity contribution in [2.45, 2.75) is 19.6 Å². The topological polar surface area (TPSA) is 89.2 Å². The Labute approximate surface area is 165 Å². The van der Waals surface area contributed by atoms with Crippen LogP contribution in [0.5, 0.6) is 0 Å². The summed E-state index contributed by atoms with van der Waals surface area (Å²) in [6.45, 7) is 0.469. The molecule has 3 aromatic rings. The summed E-state index contributed by atoms with van der Waals surface area (Å²) in [5.41, 5.74) is 0.740. The second kappa shape index (κ2) is 7.70. The van der Waals surface area contributed by atoms with E-state index in [1.807, 2.05) is 6.07 Å². The van der Waals surface area contributed by atoms with Crippen LogP contribution in [0.15, 0.2) is 59.4 Å². The highest BCUT2D eigenvalue weighted by atomic mass is 19.1. The second-order valence-electron chi connectivity index (χ2n) is 6.69. The standard InChI is InChI=1S/C20H18FN5O3/c21-15-6-4-5-14(11-15)12-24-9-10-25-18(19(24)28)23-26(20(25)29)13-17(27)22-16-7-2-1-3-8-16/h1-8,11H,9-10,12-13H2,(H,22,27). The molecule has 0 atom stereocenters.